The van der Waals surface area contributed by atoms with Crippen molar-refractivity contribution in [3.63, 3.8) is 0 Å². The van der Waals surface area contributed by atoms with E-state index >= 15 is 0 Å². The van der Waals surface area contributed by atoms with Crippen LogP contribution in [0.25, 0.3) is 11.0 Å². The lowest BCUT2D eigenvalue weighted by molar-refractivity contribution is -0.117. The molecule has 162 valence electrons. The molecule has 0 saturated heterocycles. The van der Waals surface area contributed by atoms with E-state index in [-0.39, 0.29) is 17.2 Å². The molecule has 0 fully saturated rings. The van der Waals surface area contributed by atoms with E-state index in [2.05, 4.69) is 20.3 Å². The lowest BCUT2D eigenvalue weighted by Crippen LogP contribution is -2.44. The number of aromatic amines is 1. The van der Waals surface area contributed by atoms with Gasteiger partial charge in [-0.15, -0.1) is 0 Å². The first-order valence-corrected chi connectivity index (χ1v) is 10.4. The zero-order valence-corrected chi connectivity index (χ0v) is 18.5. The number of hydrogen-bond acceptors (Lipinski definition) is 5. The van der Waals surface area contributed by atoms with Gasteiger partial charge in [-0.05, 0) is 39.0 Å². The maximum absolute atomic E-state index is 13.1. The van der Waals surface area contributed by atoms with Gasteiger partial charge in [0.1, 0.15) is 17.8 Å². The molecular weight excluding hydrogens is 402 g/mol. The second-order valence-electron chi connectivity index (χ2n) is 8.54. The van der Waals surface area contributed by atoms with Gasteiger partial charge < -0.3 is 15.2 Å². The highest BCUT2D eigenvalue weighted by molar-refractivity contribution is 6.18. The summed E-state index contributed by atoms with van der Waals surface area (Å²) in [6, 6.07) is 16.7. The molecule has 0 spiro atoms. The molecule has 2 N–H and O–H groups in total. The summed E-state index contributed by atoms with van der Waals surface area (Å²) in [5.74, 6) is 0.359. The first kappa shape index (κ1) is 21.2. The summed E-state index contributed by atoms with van der Waals surface area (Å²) in [5, 5.41) is 3.92. The number of benzene rings is 2. The van der Waals surface area contributed by atoms with E-state index < -0.39 is 0 Å². The quantitative estimate of drug-likeness (QED) is 0.433. The Bertz CT molecular complexity index is 1290. The van der Waals surface area contributed by atoms with Crippen molar-refractivity contribution < 1.29 is 9.59 Å². The van der Waals surface area contributed by atoms with Crippen LogP contribution in [0.15, 0.2) is 67.1 Å². The molecule has 2 aromatic carbocycles. The number of carbonyl (C=O) groups is 2. The molecule has 2 aromatic heterocycles. The molecular formula is C25H25N5O2. The lowest BCUT2D eigenvalue weighted by Gasteiger charge is -2.35. The number of nitrogens with zero attached hydrogens (tertiary/aromatic N) is 3. The standard InChI is InChI=1S/C25H25N5O2/c1-16(31)30(25(2,3)4)19-12-8-11-18(13-19)29-24-21-20(14-26-23(21)27-15-28-24)22(32)17-9-6-5-7-10-17/h5-15H,1-4H3,(H2,26,27,28,29). The molecule has 2 heterocycles. The molecule has 0 bridgehead atoms. The van der Waals surface area contributed by atoms with E-state index in [1.807, 2.05) is 63.2 Å². The zero-order chi connectivity index (χ0) is 22.9. The van der Waals surface area contributed by atoms with E-state index in [1.165, 1.54) is 6.33 Å². The Morgan fingerprint density at radius 1 is 1.00 bits per heavy atom. The SMILES string of the molecule is CC(=O)N(c1cccc(Nc2ncnc3[nH]cc(C(=O)c4ccccc4)c23)c1)C(C)(C)C. The van der Waals surface area contributed by atoms with Crippen LogP contribution in [0.5, 0.6) is 0 Å². The average molecular weight is 428 g/mol. The predicted molar refractivity (Wildman–Crippen MR) is 126 cm³/mol. The first-order chi connectivity index (χ1) is 15.3. The van der Waals surface area contributed by atoms with Gasteiger partial charge in [0.15, 0.2) is 5.78 Å². The van der Waals surface area contributed by atoms with Gasteiger partial charge in [0.25, 0.3) is 0 Å². The molecule has 0 aliphatic carbocycles. The van der Waals surface area contributed by atoms with E-state index in [4.69, 9.17) is 0 Å². The Labute approximate surface area is 186 Å². The van der Waals surface area contributed by atoms with Crippen LogP contribution in [0.1, 0.15) is 43.6 Å². The summed E-state index contributed by atoms with van der Waals surface area (Å²) in [4.78, 5) is 38.9. The number of fused-ring (bicyclic) bond motifs is 1. The third kappa shape index (κ3) is 4.09. The largest absolute Gasteiger partial charge is 0.345 e. The molecule has 7 nitrogen and oxygen atoms in total. The smallest absolute Gasteiger partial charge is 0.224 e. The minimum absolute atomic E-state index is 0.0412. The molecule has 4 rings (SSSR count). The highest BCUT2D eigenvalue weighted by Crippen LogP contribution is 2.31. The molecule has 1 amide bonds. The van der Waals surface area contributed by atoms with Gasteiger partial charge in [0, 0.05) is 35.6 Å². The summed E-state index contributed by atoms with van der Waals surface area (Å²) in [6.07, 6.45) is 3.10. The fourth-order valence-electron chi connectivity index (χ4n) is 3.88. The molecule has 0 unspecified atom stereocenters. The van der Waals surface area contributed by atoms with Gasteiger partial charge in [-0.2, -0.15) is 0 Å². The van der Waals surface area contributed by atoms with Crippen LogP contribution in [0.4, 0.5) is 17.2 Å². The normalized spacial score (nSPS) is 11.4. The zero-order valence-electron chi connectivity index (χ0n) is 18.5. The lowest BCUT2D eigenvalue weighted by atomic mass is 10.0. The van der Waals surface area contributed by atoms with Crippen molar-refractivity contribution in [1.29, 1.82) is 0 Å². The fourth-order valence-corrected chi connectivity index (χ4v) is 3.88. The Morgan fingerprint density at radius 3 is 2.44 bits per heavy atom. The molecule has 0 radical (unpaired) electrons. The van der Waals surface area contributed by atoms with Crippen molar-refractivity contribution in [3.8, 4) is 0 Å². The number of amides is 1. The van der Waals surface area contributed by atoms with Gasteiger partial charge in [-0.25, -0.2) is 9.97 Å². The second kappa shape index (κ2) is 8.26. The number of rotatable bonds is 5. The van der Waals surface area contributed by atoms with Gasteiger partial charge in [0.05, 0.1) is 10.9 Å². The number of ketones is 1. The summed E-state index contributed by atoms with van der Waals surface area (Å²) < 4.78 is 0. The van der Waals surface area contributed by atoms with Crippen molar-refractivity contribution in [2.24, 2.45) is 0 Å². The number of nitrogens with one attached hydrogen (secondary N) is 2. The van der Waals surface area contributed by atoms with Crippen LogP contribution in [0, 0.1) is 0 Å². The van der Waals surface area contributed by atoms with Crippen molar-refractivity contribution in [2.75, 3.05) is 10.2 Å². The van der Waals surface area contributed by atoms with E-state index in [0.29, 0.717) is 28.0 Å². The van der Waals surface area contributed by atoms with Crippen molar-refractivity contribution in [3.05, 3.63) is 78.2 Å². The predicted octanol–water partition coefficient (Wildman–Crippen LogP) is 5.08. The van der Waals surface area contributed by atoms with E-state index in [9.17, 15) is 9.59 Å². The van der Waals surface area contributed by atoms with Crippen molar-refractivity contribution in [2.45, 2.75) is 33.2 Å². The van der Waals surface area contributed by atoms with Crippen LogP contribution in [0.2, 0.25) is 0 Å². The van der Waals surface area contributed by atoms with Crippen LogP contribution >= 0.6 is 0 Å². The molecule has 7 heteroatoms. The highest BCUT2D eigenvalue weighted by atomic mass is 16.2. The second-order valence-corrected chi connectivity index (χ2v) is 8.54. The van der Waals surface area contributed by atoms with Gasteiger partial charge in [-0.1, -0.05) is 36.4 Å². The third-order valence-electron chi connectivity index (χ3n) is 5.10. The summed E-state index contributed by atoms with van der Waals surface area (Å²) >= 11 is 0. The molecule has 0 saturated carbocycles. The molecule has 4 aromatic rings. The maximum Gasteiger partial charge on any atom is 0.224 e. The highest BCUT2D eigenvalue weighted by Gasteiger charge is 2.26. The maximum atomic E-state index is 13.1. The Kier molecular flexibility index (Phi) is 5.48. The summed E-state index contributed by atoms with van der Waals surface area (Å²) in [7, 11) is 0. The van der Waals surface area contributed by atoms with Gasteiger partial charge in [0.2, 0.25) is 5.91 Å². The molecule has 0 atom stereocenters. The Morgan fingerprint density at radius 2 is 1.75 bits per heavy atom. The Hall–Kier alpha value is -4.00. The molecule has 0 aliphatic heterocycles. The summed E-state index contributed by atoms with van der Waals surface area (Å²) in [5.41, 5.74) is 2.80. The van der Waals surface area contributed by atoms with Crippen molar-refractivity contribution in [1.82, 2.24) is 15.0 Å². The van der Waals surface area contributed by atoms with Crippen LogP contribution in [-0.2, 0) is 4.79 Å². The number of hydrogen-bond donors (Lipinski definition) is 2. The molecule has 0 aliphatic rings. The minimum atomic E-state index is -0.372. The number of aromatic nitrogens is 3. The van der Waals surface area contributed by atoms with Gasteiger partial charge in [-0.3, -0.25) is 9.59 Å². The van der Waals surface area contributed by atoms with Crippen LogP contribution in [-0.4, -0.2) is 32.2 Å². The van der Waals surface area contributed by atoms with E-state index in [1.54, 1.807) is 30.2 Å². The minimum Gasteiger partial charge on any atom is -0.345 e. The fraction of sp³-hybridized carbons (Fsp3) is 0.200. The number of anilines is 3. The number of H-pyrrole nitrogens is 1. The number of carbonyl (C=O) groups excluding carboxylic acids is 2. The summed E-state index contributed by atoms with van der Waals surface area (Å²) in [6.45, 7) is 7.53. The van der Waals surface area contributed by atoms with E-state index in [0.717, 1.165) is 11.4 Å². The topological polar surface area (TPSA) is 91.0 Å². The molecule has 32 heavy (non-hydrogen) atoms. The average Bonchev–Trinajstić information content (AvgIpc) is 3.18. The Balaban J connectivity index is 1.74. The third-order valence-corrected chi connectivity index (χ3v) is 5.10. The van der Waals surface area contributed by atoms with Crippen LogP contribution in [0.3, 0.4) is 0 Å². The van der Waals surface area contributed by atoms with Crippen molar-refractivity contribution >= 4 is 39.9 Å². The monoisotopic (exact) mass is 427 g/mol. The van der Waals surface area contributed by atoms with Crippen LogP contribution < -0.4 is 10.2 Å². The first-order valence-electron chi connectivity index (χ1n) is 10.4. The van der Waals surface area contributed by atoms with Gasteiger partial charge >= 0.3 is 0 Å².